The Bertz CT molecular complexity index is 760. The van der Waals surface area contributed by atoms with Gasteiger partial charge in [0.05, 0.1) is 6.54 Å². The van der Waals surface area contributed by atoms with Gasteiger partial charge in [-0.3, -0.25) is 9.59 Å². The van der Waals surface area contributed by atoms with E-state index in [-0.39, 0.29) is 30.6 Å². The zero-order chi connectivity index (χ0) is 17.6. The lowest BCUT2D eigenvalue weighted by atomic mass is 10.1. The van der Waals surface area contributed by atoms with Gasteiger partial charge in [0, 0.05) is 18.4 Å². The Labute approximate surface area is 144 Å². The van der Waals surface area contributed by atoms with E-state index in [0.29, 0.717) is 30.2 Å². The topological polar surface area (TPSA) is 64.6 Å². The van der Waals surface area contributed by atoms with Crippen molar-refractivity contribution in [3.05, 3.63) is 59.9 Å². The van der Waals surface area contributed by atoms with Gasteiger partial charge in [-0.15, -0.1) is 0 Å². The first-order chi connectivity index (χ1) is 12.1. The molecule has 2 aromatic rings. The highest BCUT2D eigenvalue weighted by atomic mass is 19.1. The first kappa shape index (κ1) is 17.0. The molecule has 0 saturated heterocycles. The lowest BCUT2D eigenvalue weighted by Gasteiger charge is -2.26. The van der Waals surface area contributed by atoms with Crippen LogP contribution in [0.5, 0.6) is 11.5 Å². The third-order valence-corrected chi connectivity index (χ3v) is 3.84. The van der Waals surface area contributed by atoms with Gasteiger partial charge < -0.3 is 14.8 Å². The van der Waals surface area contributed by atoms with Crippen LogP contribution in [0, 0.1) is 5.82 Å². The van der Waals surface area contributed by atoms with Crippen molar-refractivity contribution in [2.24, 2.45) is 0 Å². The normalized spacial score (nSPS) is 15.5. The van der Waals surface area contributed by atoms with E-state index >= 15 is 0 Å². The Morgan fingerprint density at radius 1 is 1.04 bits per heavy atom. The highest BCUT2D eigenvalue weighted by Gasteiger charge is 2.21. The third-order valence-electron chi connectivity index (χ3n) is 3.84. The predicted molar refractivity (Wildman–Crippen MR) is 89.3 cm³/mol. The zero-order valence-electron chi connectivity index (χ0n) is 13.5. The van der Waals surface area contributed by atoms with Gasteiger partial charge in [-0.25, -0.2) is 4.39 Å². The Morgan fingerprint density at radius 3 is 2.52 bits per heavy atom. The van der Waals surface area contributed by atoms with Crippen LogP contribution in [0.2, 0.25) is 0 Å². The molecule has 1 N–H and O–H groups in total. The van der Waals surface area contributed by atoms with Crippen LogP contribution in [-0.4, -0.2) is 30.9 Å². The summed E-state index contributed by atoms with van der Waals surface area (Å²) in [5.74, 6) is 0.513. The van der Waals surface area contributed by atoms with Gasteiger partial charge >= 0.3 is 0 Å². The van der Waals surface area contributed by atoms with E-state index in [2.05, 4.69) is 5.32 Å². The second-order valence-corrected chi connectivity index (χ2v) is 5.73. The number of carbonyl (C=O) groups excluding carboxylic acids is 2. The summed E-state index contributed by atoms with van der Waals surface area (Å²) >= 11 is 0. The molecule has 0 unspecified atom stereocenters. The van der Waals surface area contributed by atoms with Gasteiger partial charge in [0.2, 0.25) is 5.91 Å². The summed E-state index contributed by atoms with van der Waals surface area (Å²) in [6, 6.07) is 12.6. The van der Waals surface area contributed by atoms with E-state index in [4.69, 9.17) is 9.47 Å². The fraction of sp³-hybridized carbons (Fsp3) is 0.263. The fourth-order valence-electron chi connectivity index (χ4n) is 2.49. The summed E-state index contributed by atoms with van der Waals surface area (Å²) in [6.07, 6.45) is -0.130. The van der Waals surface area contributed by atoms with Gasteiger partial charge in [0.25, 0.3) is 0 Å². The molecule has 1 aliphatic heterocycles. The van der Waals surface area contributed by atoms with Crippen molar-refractivity contribution in [3.63, 3.8) is 0 Å². The van der Waals surface area contributed by atoms with Crippen molar-refractivity contribution in [2.75, 3.05) is 13.2 Å². The molecule has 0 aliphatic carbocycles. The number of ketones is 1. The van der Waals surface area contributed by atoms with Crippen LogP contribution in [0.25, 0.3) is 0 Å². The van der Waals surface area contributed by atoms with Crippen molar-refractivity contribution < 1.29 is 23.5 Å². The average Bonchev–Trinajstić information content (AvgIpc) is 2.65. The molecule has 3 rings (SSSR count). The number of Topliss-reactive ketones (excluding diaryl/α,β-unsaturated/α-hetero) is 1. The zero-order valence-corrected chi connectivity index (χ0v) is 13.5. The number of nitrogens with one attached hydrogen (secondary N) is 1. The van der Waals surface area contributed by atoms with Crippen molar-refractivity contribution in [3.8, 4) is 11.5 Å². The Hall–Kier alpha value is -2.89. The molecule has 0 radical (unpaired) electrons. The van der Waals surface area contributed by atoms with Crippen LogP contribution < -0.4 is 14.8 Å². The smallest absolute Gasteiger partial charge is 0.220 e. The number of halogens is 1. The minimum absolute atomic E-state index is 0.0698. The van der Waals surface area contributed by atoms with E-state index in [1.54, 1.807) is 0 Å². The Balaban J connectivity index is 1.41. The van der Waals surface area contributed by atoms with Crippen LogP contribution in [-0.2, 0) is 4.79 Å². The summed E-state index contributed by atoms with van der Waals surface area (Å²) in [5, 5.41) is 2.74. The number of benzene rings is 2. The number of hydrogen-bond donors (Lipinski definition) is 1. The van der Waals surface area contributed by atoms with Gasteiger partial charge in [0.1, 0.15) is 18.5 Å². The molecule has 1 atom stereocenters. The third kappa shape index (κ3) is 4.56. The largest absolute Gasteiger partial charge is 0.486 e. The molecule has 6 heteroatoms. The van der Waals surface area contributed by atoms with Crippen LogP contribution in [0.15, 0.2) is 48.5 Å². The number of hydrogen-bond acceptors (Lipinski definition) is 4. The quantitative estimate of drug-likeness (QED) is 0.819. The maximum Gasteiger partial charge on any atom is 0.220 e. The lowest BCUT2D eigenvalue weighted by Crippen LogP contribution is -2.40. The van der Waals surface area contributed by atoms with E-state index < -0.39 is 5.82 Å². The highest BCUT2D eigenvalue weighted by molar-refractivity contribution is 5.97. The van der Waals surface area contributed by atoms with Crippen LogP contribution in [0.3, 0.4) is 0 Å². The van der Waals surface area contributed by atoms with Gasteiger partial charge in [-0.05, 0) is 36.4 Å². The maximum absolute atomic E-state index is 12.8. The standard InChI is InChI=1S/C19H18FNO4/c20-14-7-5-13(6-8-14)16(22)9-10-19(23)21-11-15-12-24-17-3-1-2-4-18(17)25-15/h1-8,15H,9-12H2,(H,21,23)/t15-/m0/s1. The van der Waals surface area contributed by atoms with Crippen LogP contribution in [0.4, 0.5) is 4.39 Å². The molecule has 0 bridgehead atoms. The molecule has 1 heterocycles. The Morgan fingerprint density at radius 2 is 1.76 bits per heavy atom. The van der Waals surface area contributed by atoms with Crippen LogP contribution in [0.1, 0.15) is 23.2 Å². The SMILES string of the molecule is O=C(CCC(=O)c1ccc(F)cc1)NC[C@H]1COc2ccccc2O1. The molecule has 0 saturated carbocycles. The van der Waals surface area contributed by atoms with Crippen molar-refractivity contribution >= 4 is 11.7 Å². The number of rotatable bonds is 6. The number of carbonyl (C=O) groups is 2. The van der Waals surface area contributed by atoms with E-state index in [1.165, 1.54) is 24.3 Å². The second kappa shape index (κ2) is 7.79. The molecule has 1 aliphatic rings. The van der Waals surface area contributed by atoms with E-state index in [9.17, 15) is 14.0 Å². The van der Waals surface area contributed by atoms with Crippen molar-refractivity contribution in [1.82, 2.24) is 5.32 Å². The molecular formula is C19H18FNO4. The second-order valence-electron chi connectivity index (χ2n) is 5.73. The summed E-state index contributed by atoms with van der Waals surface area (Å²) in [4.78, 5) is 23.9. The van der Waals surface area contributed by atoms with E-state index in [1.807, 2.05) is 24.3 Å². The van der Waals surface area contributed by atoms with Gasteiger partial charge in [-0.1, -0.05) is 12.1 Å². The van der Waals surface area contributed by atoms with Gasteiger partial charge in [-0.2, -0.15) is 0 Å². The minimum atomic E-state index is -0.398. The summed E-state index contributed by atoms with van der Waals surface area (Å²) in [5.41, 5.74) is 0.398. The minimum Gasteiger partial charge on any atom is -0.486 e. The molecule has 1 amide bonds. The number of amides is 1. The van der Waals surface area contributed by atoms with Gasteiger partial charge in [0.15, 0.2) is 17.3 Å². The number of para-hydroxylation sites is 2. The van der Waals surface area contributed by atoms with Crippen LogP contribution >= 0.6 is 0 Å². The first-order valence-electron chi connectivity index (χ1n) is 8.06. The first-order valence-corrected chi connectivity index (χ1v) is 8.06. The molecule has 25 heavy (non-hydrogen) atoms. The molecule has 130 valence electrons. The fourth-order valence-corrected chi connectivity index (χ4v) is 2.49. The molecule has 0 fully saturated rings. The van der Waals surface area contributed by atoms with Crippen molar-refractivity contribution in [2.45, 2.75) is 18.9 Å². The van der Waals surface area contributed by atoms with Crippen molar-refractivity contribution in [1.29, 1.82) is 0 Å². The molecule has 0 spiro atoms. The Kier molecular flexibility index (Phi) is 5.28. The summed E-state index contributed by atoms with van der Waals surface area (Å²) in [6.45, 7) is 0.656. The maximum atomic E-state index is 12.8. The average molecular weight is 343 g/mol. The summed E-state index contributed by atoms with van der Waals surface area (Å²) < 4.78 is 24.2. The van der Waals surface area contributed by atoms with E-state index in [0.717, 1.165) is 0 Å². The number of ether oxygens (including phenoxy) is 2. The molecular weight excluding hydrogens is 325 g/mol. The highest BCUT2D eigenvalue weighted by Crippen LogP contribution is 2.30. The number of fused-ring (bicyclic) bond motifs is 1. The molecule has 0 aromatic heterocycles. The molecule has 2 aromatic carbocycles. The molecule has 5 nitrogen and oxygen atoms in total. The predicted octanol–water partition coefficient (Wildman–Crippen LogP) is 2.74. The monoisotopic (exact) mass is 343 g/mol. The lowest BCUT2D eigenvalue weighted by molar-refractivity contribution is -0.121. The summed E-state index contributed by atoms with van der Waals surface area (Å²) in [7, 11) is 0.